The predicted octanol–water partition coefficient (Wildman–Crippen LogP) is 1.28. The van der Waals surface area contributed by atoms with Gasteiger partial charge in [0.05, 0.1) is 11.9 Å². The second-order valence-corrected chi connectivity index (χ2v) is 3.11. The van der Waals surface area contributed by atoms with Gasteiger partial charge in [-0.25, -0.2) is 9.37 Å². The average molecular weight is 205 g/mol. The van der Waals surface area contributed by atoms with Crippen LogP contribution in [0.3, 0.4) is 0 Å². The van der Waals surface area contributed by atoms with Gasteiger partial charge in [0.25, 0.3) is 5.56 Å². The Balaban J connectivity index is 2.59. The van der Waals surface area contributed by atoms with Crippen molar-refractivity contribution in [2.75, 3.05) is 0 Å². The Morgan fingerprint density at radius 3 is 2.80 bits per heavy atom. The van der Waals surface area contributed by atoms with Gasteiger partial charge in [-0.2, -0.15) is 0 Å². The van der Waals surface area contributed by atoms with Crippen molar-refractivity contribution in [3.05, 3.63) is 46.5 Å². The molecule has 0 aliphatic heterocycles. The Morgan fingerprint density at radius 1 is 1.33 bits per heavy atom. The van der Waals surface area contributed by atoms with E-state index in [2.05, 4.69) is 15.0 Å². The van der Waals surface area contributed by atoms with Crippen LogP contribution in [-0.2, 0) is 0 Å². The van der Waals surface area contributed by atoms with Gasteiger partial charge in [0.2, 0.25) is 0 Å². The first-order valence-corrected chi connectivity index (χ1v) is 4.34. The maximum atomic E-state index is 12.9. The third-order valence-electron chi connectivity index (χ3n) is 1.86. The number of aryl methyl sites for hydroxylation is 1. The van der Waals surface area contributed by atoms with E-state index in [-0.39, 0.29) is 5.56 Å². The summed E-state index contributed by atoms with van der Waals surface area (Å²) in [4.78, 5) is 21.4. The van der Waals surface area contributed by atoms with Crippen molar-refractivity contribution >= 4 is 0 Å². The van der Waals surface area contributed by atoms with E-state index in [1.54, 1.807) is 6.92 Å². The summed E-state index contributed by atoms with van der Waals surface area (Å²) in [5, 5.41) is 0. The monoisotopic (exact) mass is 205 g/mol. The van der Waals surface area contributed by atoms with Crippen LogP contribution in [0.25, 0.3) is 11.3 Å². The molecule has 0 aromatic carbocycles. The van der Waals surface area contributed by atoms with Crippen molar-refractivity contribution < 1.29 is 4.39 Å². The van der Waals surface area contributed by atoms with E-state index in [4.69, 9.17) is 0 Å². The molecule has 0 radical (unpaired) electrons. The lowest BCUT2D eigenvalue weighted by Crippen LogP contribution is -2.08. The number of hydrogen-bond acceptors (Lipinski definition) is 3. The summed E-state index contributed by atoms with van der Waals surface area (Å²) in [6, 6.07) is 2.59. The molecule has 0 aliphatic carbocycles. The summed E-state index contributed by atoms with van der Waals surface area (Å²) >= 11 is 0. The second kappa shape index (κ2) is 3.61. The largest absolute Gasteiger partial charge is 0.311 e. The molecule has 2 rings (SSSR count). The number of pyridine rings is 1. The summed E-state index contributed by atoms with van der Waals surface area (Å²) in [5.41, 5.74) is 0.647. The van der Waals surface area contributed by atoms with E-state index in [0.29, 0.717) is 17.1 Å². The van der Waals surface area contributed by atoms with Gasteiger partial charge in [0, 0.05) is 17.8 Å². The molecule has 1 N–H and O–H groups in total. The van der Waals surface area contributed by atoms with Crippen molar-refractivity contribution in [2.45, 2.75) is 6.92 Å². The highest BCUT2D eigenvalue weighted by atomic mass is 19.1. The highest BCUT2D eigenvalue weighted by Crippen LogP contribution is 2.14. The molecule has 5 heteroatoms. The lowest BCUT2D eigenvalue weighted by atomic mass is 10.2. The topological polar surface area (TPSA) is 58.6 Å². The second-order valence-electron chi connectivity index (χ2n) is 3.11. The third-order valence-corrected chi connectivity index (χ3v) is 1.86. The quantitative estimate of drug-likeness (QED) is 0.762. The van der Waals surface area contributed by atoms with Crippen LogP contribution < -0.4 is 5.56 Å². The standard InChI is InChI=1S/C10H8FN3O/c1-6-13-9(3-10(15)14-6)7-2-8(11)5-12-4-7/h2-5H,1H3,(H,13,14,15). The molecular weight excluding hydrogens is 197 g/mol. The van der Waals surface area contributed by atoms with Crippen molar-refractivity contribution in [1.82, 2.24) is 15.0 Å². The number of halogens is 1. The molecule has 2 heterocycles. The maximum Gasteiger partial charge on any atom is 0.251 e. The van der Waals surface area contributed by atoms with Gasteiger partial charge in [0.1, 0.15) is 11.6 Å². The summed E-state index contributed by atoms with van der Waals surface area (Å²) in [7, 11) is 0. The summed E-state index contributed by atoms with van der Waals surface area (Å²) in [5.74, 6) is 0.0361. The normalized spacial score (nSPS) is 10.3. The molecule has 0 unspecified atom stereocenters. The highest BCUT2D eigenvalue weighted by molar-refractivity contribution is 5.56. The predicted molar refractivity (Wildman–Crippen MR) is 52.8 cm³/mol. The molecule has 2 aromatic rings. The molecule has 0 saturated heterocycles. The Bertz CT molecular complexity index is 550. The Kier molecular flexibility index (Phi) is 2.29. The number of hydrogen-bond donors (Lipinski definition) is 1. The van der Waals surface area contributed by atoms with Gasteiger partial charge in [-0.3, -0.25) is 9.78 Å². The van der Waals surface area contributed by atoms with Crippen molar-refractivity contribution in [3.63, 3.8) is 0 Å². The van der Waals surface area contributed by atoms with Crippen LogP contribution in [-0.4, -0.2) is 15.0 Å². The molecule has 0 bridgehead atoms. The van der Waals surface area contributed by atoms with Crippen LogP contribution in [0.4, 0.5) is 4.39 Å². The zero-order valence-electron chi connectivity index (χ0n) is 7.99. The number of nitrogens with zero attached hydrogens (tertiary/aromatic N) is 2. The fourth-order valence-corrected chi connectivity index (χ4v) is 1.28. The minimum absolute atomic E-state index is 0.262. The summed E-state index contributed by atoms with van der Waals surface area (Å²) in [6.45, 7) is 1.66. The Morgan fingerprint density at radius 2 is 2.13 bits per heavy atom. The van der Waals surface area contributed by atoms with E-state index in [9.17, 15) is 9.18 Å². The molecule has 0 atom stereocenters. The molecule has 2 aromatic heterocycles. The van der Waals surface area contributed by atoms with Gasteiger partial charge >= 0.3 is 0 Å². The molecule has 0 amide bonds. The van der Waals surface area contributed by atoms with Gasteiger partial charge in [-0.05, 0) is 13.0 Å². The van der Waals surface area contributed by atoms with Crippen LogP contribution in [0, 0.1) is 12.7 Å². The summed E-state index contributed by atoms with van der Waals surface area (Å²) in [6.07, 6.45) is 2.56. The van der Waals surface area contributed by atoms with Crippen molar-refractivity contribution in [1.29, 1.82) is 0 Å². The fraction of sp³-hybridized carbons (Fsp3) is 0.100. The van der Waals surface area contributed by atoms with Crippen LogP contribution in [0.5, 0.6) is 0 Å². The molecule has 0 spiro atoms. The first-order valence-electron chi connectivity index (χ1n) is 4.34. The first-order chi connectivity index (χ1) is 7.15. The van der Waals surface area contributed by atoms with Gasteiger partial charge in [-0.15, -0.1) is 0 Å². The van der Waals surface area contributed by atoms with Gasteiger partial charge in [-0.1, -0.05) is 0 Å². The minimum Gasteiger partial charge on any atom is -0.311 e. The zero-order chi connectivity index (χ0) is 10.8. The van der Waals surface area contributed by atoms with E-state index in [0.717, 1.165) is 6.20 Å². The highest BCUT2D eigenvalue weighted by Gasteiger charge is 2.03. The first kappa shape index (κ1) is 9.51. The van der Waals surface area contributed by atoms with E-state index < -0.39 is 5.82 Å². The maximum absolute atomic E-state index is 12.9. The number of aromatic nitrogens is 3. The zero-order valence-corrected chi connectivity index (χ0v) is 7.99. The van der Waals surface area contributed by atoms with Crippen LogP contribution in [0.1, 0.15) is 5.82 Å². The molecule has 15 heavy (non-hydrogen) atoms. The van der Waals surface area contributed by atoms with E-state index >= 15 is 0 Å². The molecule has 76 valence electrons. The smallest absolute Gasteiger partial charge is 0.251 e. The fourth-order valence-electron chi connectivity index (χ4n) is 1.28. The van der Waals surface area contributed by atoms with Crippen LogP contribution in [0.15, 0.2) is 29.3 Å². The number of rotatable bonds is 1. The summed E-state index contributed by atoms with van der Waals surface area (Å²) < 4.78 is 12.9. The average Bonchev–Trinajstić information content (AvgIpc) is 2.16. The van der Waals surface area contributed by atoms with Crippen molar-refractivity contribution in [3.8, 4) is 11.3 Å². The van der Waals surface area contributed by atoms with E-state index in [1.807, 2.05) is 0 Å². The number of aromatic amines is 1. The SMILES string of the molecule is Cc1nc(-c2cncc(F)c2)cc(=O)[nH]1. The molecular formula is C10H8FN3O. The van der Waals surface area contributed by atoms with Crippen LogP contribution >= 0.6 is 0 Å². The minimum atomic E-state index is -0.452. The Hall–Kier alpha value is -2.04. The van der Waals surface area contributed by atoms with Crippen LogP contribution in [0.2, 0.25) is 0 Å². The number of H-pyrrole nitrogens is 1. The molecule has 4 nitrogen and oxygen atoms in total. The van der Waals surface area contributed by atoms with E-state index in [1.165, 1.54) is 18.3 Å². The lowest BCUT2D eigenvalue weighted by molar-refractivity contribution is 0.622. The molecule has 0 aliphatic rings. The molecule has 0 saturated carbocycles. The van der Waals surface area contributed by atoms with Crippen molar-refractivity contribution in [2.24, 2.45) is 0 Å². The lowest BCUT2D eigenvalue weighted by Gasteiger charge is -2.00. The Labute approximate surface area is 84.8 Å². The molecule has 0 fully saturated rings. The number of nitrogens with one attached hydrogen (secondary N) is 1. The third kappa shape index (κ3) is 2.07. The van der Waals surface area contributed by atoms with Gasteiger partial charge in [0.15, 0.2) is 0 Å². The van der Waals surface area contributed by atoms with Gasteiger partial charge < -0.3 is 4.98 Å².